The highest BCUT2D eigenvalue weighted by Crippen LogP contribution is 2.29. The first-order valence-electron chi connectivity index (χ1n) is 9.68. The third-order valence-corrected chi connectivity index (χ3v) is 5.27. The molecule has 2 aromatic carbocycles. The molecule has 29 heavy (non-hydrogen) atoms. The van der Waals surface area contributed by atoms with Crippen LogP contribution in [0.25, 0.3) is 0 Å². The van der Waals surface area contributed by atoms with Crippen molar-refractivity contribution in [1.82, 2.24) is 4.90 Å². The van der Waals surface area contributed by atoms with Crippen LogP contribution < -0.4 is 5.32 Å². The standard InChI is InChI=1S/C22H27F3N2.2ClH/c23-22(24,25)20-7-9-21(10-8-20)26-13-4-14-27-15-11-19(12-16-27)17-18-5-2-1-3-6-18;;/h1-3,5-10,19,26H,4,11-17H2;2*1H. The van der Waals surface area contributed by atoms with Crippen molar-refractivity contribution < 1.29 is 13.2 Å². The molecule has 1 heterocycles. The van der Waals surface area contributed by atoms with Gasteiger partial charge in [0.2, 0.25) is 0 Å². The number of likely N-dealkylation sites (tertiary alicyclic amines) is 1. The molecular formula is C22H29Cl2F3N2. The molecule has 0 spiro atoms. The summed E-state index contributed by atoms with van der Waals surface area (Å²) in [6.45, 7) is 4.08. The predicted octanol–water partition coefficient (Wildman–Crippen LogP) is 6.31. The number of piperidine rings is 1. The Labute approximate surface area is 183 Å². The van der Waals surface area contributed by atoms with Crippen LogP contribution in [0.15, 0.2) is 54.6 Å². The Bertz CT molecular complexity index is 685. The smallest absolute Gasteiger partial charge is 0.385 e. The number of halogens is 5. The lowest BCUT2D eigenvalue weighted by atomic mass is 9.90. The summed E-state index contributed by atoms with van der Waals surface area (Å²) in [7, 11) is 0. The van der Waals surface area contributed by atoms with E-state index in [1.807, 2.05) is 0 Å². The van der Waals surface area contributed by atoms with Crippen molar-refractivity contribution >= 4 is 30.5 Å². The lowest BCUT2D eigenvalue weighted by molar-refractivity contribution is -0.137. The molecule has 0 radical (unpaired) electrons. The fraction of sp³-hybridized carbons (Fsp3) is 0.455. The highest BCUT2D eigenvalue weighted by molar-refractivity contribution is 5.85. The van der Waals surface area contributed by atoms with Crippen molar-refractivity contribution in [3.63, 3.8) is 0 Å². The van der Waals surface area contributed by atoms with Gasteiger partial charge >= 0.3 is 6.18 Å². The Morgan fingerprint density at radius 3 is 2.10 bits per heavy atom. The van der Waals surface area contributed by atoms with Crippen molar-refractivity contribution in [3.8, 4) is 0 Å². The summed E-state index contributed by atoms with van der Waals surface area (Å²) in [6, 6.07) is 15.9. The highest BCUT2D eigenvalue weighted by Gasteiger charge is 2.29. The molecule has 1 fully saturated rings. The van der Waals surface area contributed by atoms with Crippen molar-refractivity contribution in [2.75, 3.05) is 31.5 Å². The second kappa shape index (κ2) is 12.3. The van der Waals surface area contributed by atoms with Crippen LogP contribution in [0.4, 0.5) is 18.9 Å². The number of hydrogen-bond donors (Lipinski definition) is 1. The van der Waals surface area contributed by atoms with E-state index < -0.39 is 11.7 Å². The van der Waals surface area contributed by atoms with Crippen molar-refractivity contribution in [2.24, 2.45) is 5.92 Å². The number of benzene rings is 2. The van der Waals surface area contributed by atoms with E-state index in [1.54, 1.807) is 0 Å². The zero-order valence-electron chi connectivity index (χ0n) is 16.3. The molecule has 1 N–H and O–H groups in total. The lowest BCUT2D eigenvalue weighted by Gasteiger charge is -2.32. The van der Waals surface area contributed by atoms with E-state index in [4.69, 9.17) is 0 Å². The van der Waals surface area contributed by atoms with Gasteiger partial charge in [-0.3, -0.25) is 0 Å². The van der Waals surface area contributed by atoms with Gasteiger partial charge in [-0.2, -0.15) is 13.2 Å². The lowest BCUT2D eigenvalue weighted by Crippen LogP contribution is -2.35. The van der Waals surface area contributed by atoms with Gasteiger partial charge in [-0.1, -0.05) is 30.3 Å². The maximum atomic E-state index is 12.6. The molecule has 162 valence electrons. The number of nitrogens with zero attached hydrogens (tertiary/aromatic N) is 1. The molecule has 0 atom stereocenters. The molecule has 2 aromatic rings. The van der Waals surface area contributed by atoms with E-state index in [0.29, 0.717) is 0 Å². The Morgan fingerprint density at radius 1 is 0.897 bits per heavy atom. The van der Waals surface area contributed by atoms with Gasteiger partial charge in [-0.15, -0.1) is 24.8 Å². The van der Waals surface area contributed by atoms with Gasteiger partial charge in [0.25, 0.3) is 0 Å². The van der Waals surface area contributed by atoms with E-state index in [1.165, 1.54) is 37.0 Å². The van der Waals surface area contributed by atoms with Gasteiger partial charge in [0.1, 0.15) is 0 Å². The quantitative estimate of drug-likeness (QED) is 0.499. The first-order chi connectivity index (χ1) is 13.0. The van der Waals surface area contributed by atoms with Crippen LogP contribution in [0.5, 0.6) is 0 Å². The van der Waals surface area contributed by atoms with E-state index in [9.17, 15) is 13.2 Å². The number of alkyl halides is 3. The normalized spacial score (nSPS) is 15.3. The van der Waals surface area contributed by atoms with Gasteiger partial charge in [0.15, 0.2) is 0 Å². The Balaban J connectivity index is 0.00000210. The van der Waals surface area contributed by atoms with Gasteiger partial charge < -0.3 is 10.2 Å². The van der Waals surface area contributed by atoms with Gasteiger partial charge in [0, 0.05) is 12.2 Å². The van der Waals surface area contributed by atoms with Crippen molar-refractivity contribution in [3.05, 3.63) is 65.7 Å². The first kappa shape index (κ1) is 25.6. The highest BCUT2D eigenvalue weighted by atomic mass is 35.5. The third kappa shape index (κ3) is 8.45. The Hall–Kier alpha value is -1.43. The summed E-state index contributed by atoms with van der Waals surface area (Å²) >= 11 is 0. The minimum absolute atomic E-state index is 0. The van der Waals surface area contributed by atoms with E-state index in [0.717, 1.165) is 56.3 Å². The Morgan fingerprint density at radius 2 is 1.52 bits per heavy atom. The second-order valence-electron chi connectivity index (χ2n) is 7.33. The fourth-order valence-electron chi connectivity index (χ4n) is 3.67. The summed E-state index contributed by atoms with van der Waals surface area (Å²) < 4.78 is 37.7. The minimum atomic E-state index is -4.27. The minimum Gasteiger partial charge on any atom is -0.385 e. The van der Waals surface area contributed by atoms with E-state index >= 15 is 0 Å². The second-order valence-corrected chi connectivity index (χ2v) is 7.33. The average Bonchev–Trinajstić information content (AvgIpc) is 2.67. The summed E-state index contributed by atoms with van der Waals surface area (Å²) in [6.07, 6.45) is 0.363. The maximum absolute atomic E-state index is 12.6. The average molecular weight is 449 g/mol. The molecular weight excluding hydrogens is 420 g/mol. The number of nitrogens with one attached hydrogen (secondary N) is 1. The van der Waals surface area contributed by atoms with Crippen LogP contribution in [0.3, 0.4) is 0 Å². The molecule has 2 nitrogen and oxygen atoms in total. The molecule has 0 bridgehead atoms. The van der Waals surface area contributed by atoms with E-state index in [-0.39, 0.29) is 24.8 Å². The molecule has 1 saturated heterocycles. The number of anilines is 1. The SMILES string of the molecule is Cl.Cl.FC(F)(F)c1ccc(NCCCN2CCC(Cc3ccccc3)CC2)cc1. The molecule has 7 heteroatoms. The van der Waals surface area contributed by atoms with Crippen molar-refractivity contribution in [2.45, 2.75) is 31.9 Å². The molecule has 0 aliphatic carbocycles. The molecule has 1 aliphatic rings. The largest absolute Gasteiger partial charge is 0.416 e. The monoisotopic (exact) mass is 448 g/mol. The third-order valence-electron chi connectivity index (χ3n) is 5.27. The molecule has 0 unspecified atom stereocenters. The Kier molecular flexibility index (Phi) is 10.9. The number of rotatable bonds is 7. The van der Waals surface area contributed by atoms with Gasteiger partial charge in [-0.05, 0) is 81.1 Å². The molecule has 0 aromatic heterocycles. The van der Waals surface area contributed by atoms with Crippen LogP contribution >= 0.6 is 24.8 Å². The molecule has 3 rings (SSSR count). The predicted molar refractivity (Wildman–Crippen MR) is 118 cm³/mol. The van der Waals surface area contributed by atoms with Gasteiger partial charge in [-0.25, -0.2) is 0 Å². The summed E-state index contributed by atoms with van der Waals surface area (Å²) in [5.41, 5.74) is 1.56. The van der Waals surface area contributed by atoms with E-state index in [2.05, 4.69) is 40.5 Å². The fourth-order valence-corrected chi connectivity index (χ4v) is 3.67. The van der Waals surface area contributed by atoms with Gasteiger partial charge in [0.05, 0.1) is 5.56 Å². The molecule has 0 saturated carbocycles. The first-order valence-corrected chi connectivity index (χ1v) is 9.68. The topological polar surface area (TPSA) is 15.3 Å². The zero-order valence-corrected chi connectivity index (χ0v) is 18.0. The summed E-state index contributed by atoms with van der Waals surface area (Å²) in [5.74, 6) is 0.772. The number of hydrogen-bond acceptors (Lipinski definition) is 2. The summed E-state index contributed by atoms with van der Waals surface area (Å²) in [5, 5.41) is 3.21. The van der Waals surface area contributed by atoms with Crippen LogP contribution in [0, 0.1) is 5.92 Å². The zero-order chi connectivity index (χ0) is 19.1. The maximum Gasteiger partial charge on any atom is 0.416 e. The summed E-state index contributed by atoms with van der Waals surface area (Å²) in [4.78, 5) is 2.50. The van der Waals surface area contributed by atoms with Crippen LogP contribution in [-0.4, -0.2) is 31.1 Å². The van der Waals surface area contributed by atoms with Crippen LogP contribution in [0.2, 0.25) is 0 Å². The molecule has 0 amide bonds. The molecule has 1 aliphatic heterocycles. The van der Waals surface area contributed by atoms with Crippen LogP contribution in [0.1, 0.15) is 30.4 Å². The van der Waals surface area contributed by atoms with Crippen molar-refractivity contribution in [1.29, 1.82) is 0 Å². The van der Waals surface area contributed by atoms with Crippen LogP contribution in [-0.2, 0) is 12.6 Å².